The standard InChI is InChI=1S/C13H27N3O2/c1-13(2,3)7-5-9-16(4)10-6-8-14-12(17)11-15-18/h11,18H,5-10H2,1-4H3,(H,14,17). The van der Waals surface area contributed by atoms with Gasteiger partial charge in [-0.25, -0.2) is 0 Å². The zero-order valence-electron chi connectivity index (χ0n) is 12.1. The predicted molar refractivity (Wildman–Crippen MR) is 74.1 cm³/mol. The maximum atomic E-state index is 10.9. The lowest BCUT2D eigenvalue weighted by atomic mass is 9.90. The van der Waals surface area contributed by atoms with E-state index < -0.39 is 0 Å². The van der Waals surface area contributed by atoms with E-state index in [0.717, 1.165) is 25.7 Å². The van der Waals surface area contributed by atoms with E-state index in [1.54, 1.807) is 0 Å². The van der Waals surface area contributed by atoms with Crippen LogP contribution in [0.4, 0.5) is 0 Å². The lowest BCUT2D eigenvalue weighted by Crippen LogP contribution is -2.29. The minimum absolute atomic E-state index is 0.354. The summed E-state index contributed by atoms with van der Waals surface area (Å²) in [6, 6.07) is 0. The maximum absolute atomic E-state index is 10.9. The topological polar surface area (TPSA) is 64.9 Å². The van der Waals surface area contributed by atoms with Gasteiger partial charge in [-0.1, -0.05) is 25.9 Å². The molecule has 0 aliphatic carbocycles. The van der Waals surface area contributed by atoms with Gasteiger partial charge in [0.05, 0.1) is 0 Å². The fourth-order valence-electron chi connectivity index (χ4n) is 1.65. The van der Waals surface area contributed by atoms with Crippen molar-refractivity contribution in [2.24, 2.45) is 10.6 Å². The third-order valence-electron chi connectivity index (χ3n) is 2.66. The molecule has 5 heteroatoms. The van der Waals surface area contributed by atoms with Gasteiger partial charge in [0, 0.05) is 6.54 Å². The molecular weight excluding hydrogens is 230 g/mol. The van der Waals surface area contributed by atoms with E-state index >= 15 is 0 Å². The Hall–Kier alpha value is -1.10. The Morgan fingerprint density at radius 2 is 1.94 bits per heavy atom. The molecule has 0 atom stereocenters. The fourth-order valence-corrected chi connectivity index (χ4v) is 1.65. The molecule has 1 amide bonds. The van der Waals surface area contributed by atoms with Gasteiger partial charge in [0.2, 0.25) is 0 Å². The van der Waals surface area contributed by atoms with Crippen LogP contribution in [-0.2, 0) is 4.79 Å². The largest absolute Gasteiger partial charge is 0.411 e. The SMILES string of the molecule is CN(CCCNC(=O)C=NO)CCCC(C)(C)C. The molecule has 0 aromatic carbocycles. The summed E-state index contributed by atoms with van der Waals surface area (Å²) in [5.41, 5.74) is 0.401. The van der Waals surface area contributed by atoms with Crippen LogP contribution in [0.15, 0.2) is 5.16 Å². The Balaban J connectivity index is 3.48. The Kier molecular flexibility index (Phi) is 8.37. The average Bonchev–Trinajstić information content (AvgIpc) is 2.23. The van der Waals surface area contributed by atoms with Gasteiger partial charge in [-0.2, -0.15) is 0 Å². The van der Waals surface area contributed by atoms with Crippen molar-refractivity contribution in [3.05, 3.63) is 0 Å². The molecular formula is C13H27N3O2. The summed E-state index contributed by atoms with van der Waals surface area (Å²) in [6.45, 7) is 9.42. The smallest absolute Gasteiger partial charge is 0.265 e. The highest BCUT2D eigenvalue weighted by molar-refractivity contribution is 6.25. The average molecular weight is 257 g/mol. The molecule has 0 radical (unpaired) electrons. The van der Waals surface area contributed by atoms with Gasteiger partial charge in [0.15, 0.2) is 0 Å². The first-order valence-electron chi connectivity index (χ1n) is 6.49. The molecule has 0 bridgehead atoms. The minimum Gasteiger partial charge on any atom is -0.411 e. The molecule has 0 saturated heterocycles. The van der Waals surface area contributed by atoms with Gasteiger partial charge in [0.25, 0.3) is 5.91 Å². The number of carbonyl (C=O) groups excluding carboxylic acids is 1. The summed E-state index contributed by atoms with van der Waals surface area (Å²) in [7, 11) is 2.10. The summed E-state index contributed by atoms with van der Waals surface area (Å²) in [4.78, 5) is 13.2. The van der Waals surface area contributed by atoms with Crippen LogP contribution in [0.3, 0.4) is 0 Å². The van der Waals surface area contributed by atoms with Gasteiger partial charge in [-0.15, -0.1) is 0 Å². The van der Waals surface area contributed by atoms with Crippen molar-refractivity contribution in [3.63, 3.8) is 0 Å². The normalized spacial score (nSPS) is 12.3. The van der Waals surface area contributed by atoms with Crippen molar-refractivity contribution >= 4 is 12.1 Å². The van der Waals surface area contributed by atoms with Crippen LogP contribution in [0.25, 0.3) is 0 Å². The van der Waals surface area contributed by atoms with Crippen LogP contribution in [0.2, 0.25) is 0 Å². The van der Waals surface area contributed by atoms with Gasteiger partial charge in [0.1, 0.15) is 6.21 Å². The predicted octanol–water partition coefficient (Wildman–Crippen LogP) is 1.71. The summed E-state index contributed by atoms with van der Waals surface area (Å²) in [5, 5.41) is 13.5. The van der Waals surface area contributed by atoms with Crippen molar-refractivity contribution in [3.8, 4) is 0 Å². The third kappa shape index (κ3) is 11.4. The molecule has 0 aromatic rings. The molecule has 0 heterocycles. The number of carbonyl (C=O) groups is 1. The third-order valence-corrected chi connectivity index (χ3v) is 2.66. The monoisotopic (exact) mass is 257 g/mol. The van der Waals surface area contributed by atoms with E-state index in [1.165, 1.54) is 12.8 Å². The van der Waals surface area contributed by atoms with Gasteiger partial charge in [-0.3, -0.25) is 4.79 Å². The van der Waals surface area contributed by atoms with E-state index in [4.69, 9.17) is 5.21 Å². The Labute approximate surface area is 110 Å². The van der Waals surface area contributed by atoms with Crippen LogP contribution in [0.5, 0.6) is 0 Å². The lowest BCUT2D eigenvalue weighted by Gasteiger charge is -2.21. The first-order valence-corrected chi connectivity index (χ1v) is 6.49. The summed E-state index contributed by atoms with van der Waals surface area (Å²) < 4.78 is 0. The molecule has 0 aromatic heterocycles. The molecule has 0 aliphatic heterocycles. The van der Waals surface area contributed by atoms with Crippen LogP contribution >= 0.6 is 0 Å². The maximum Gasteiger partial charge on any atom is 0.265 e. The van der Waals surface area contributed by atoms with Gasteiger partial charge in [-0.05, 0) is 44.8 Å². The molecule has 0 unspecified atom stereocenters. The number of nitrogens with one attached hydrogen (secondary N) is 1. The number of rotatable bonds is 8. The van der Waals surface area contributed by atoms with Crippen molar-refractivity contribution in [1.29, 1.82) is 0 Å². The zero-order chi connectivity index (χ0) is 14.0. The Bertz CT molecular complexity index is 259. The molecule has 0 rings (SSSR count). The summed E-state index contributed by atoms with van der Waals surface area (Å²) in [6.07, 6.45) is 4.19. The van der Waals surface area contributed by atoms with Crippen LogP contribution in [0, 0.1) is 5.41 Å². The van der Waals surface area contributed by atoms with Gasteiger partial charge < -0.3 is 15.4 Å². The summed E-state index contributed by atoms with van der Waals surface area (Å²) >= 11 is 0. The first-order chi connectivity index (χ1) is 8.35. The second-order valence-corrected chi connectivity index (χ2v) is 5.86. The van der Waals surface area contributed by atoms with E-state index in [1.807, 2.05) is 0 Å². The van der Waals surface area contributed by atoms with E-state index in [2.05, 4.69) is 43.2 Å². The van der Waals surface area contributed by atoms with Crippen LogP contribution in [0.1, 0.15) is 40.0 Å². The number of nitrogens with zero attached hydrogens (tertiary/aromatic N) is 2. The van der Waals surface area contributed by atoms with Crippen molar-refractivity contribution in [1.82, 2.24) is 10.2 Å². The summed E-state index contributed by atoms with van der Waals surface area (Å²) in [5.74, 6) is -0.354. The lowest BCUT2D eigenvalue weighted by molar-refractivity contribution is -0.114. The Morgan fingerprint density at radius 1 is 1.33 bits per heavy atom. The number of oxime groups is 1. The minimum atomic E-state index is -0.354. The van der Waals surface area contributed by atoms with Crippen LogP contribution < -0.4 is 5.32 Å². The molecule has 106 valence electrons. The Morgan fingerprint density at radius 3 is 2.50 bits per heavy atom. The van der Waals surface area contributed by atoms with Crippen molar-refractivity contribution in [2.45, 2.75) is 40.0 Å². The van der Waals surface area contributed by atoms with E-state index in [9.17, 15) is 4.79 Å². The van der Waals surface area contributed by atoms with Crippen LogP contribution in [-0.4, -0.2) is 48.9 Å². The van der Waals surface area contributed by atoms with E-state index in [-0.39, 0.29) is 5.91 Å². The van der Waals surface area contributed by atoms with Crippen molar-refractivity contribution in [2.75, 3.05) is 26.7 Å². The number of amides is 1. The first kappa shape index (κ1) is 16.9. The van der Waals surface area contributed by atoms with E-state index in [0.29, 0.717) is 12.0 Å². The second kappa shape index (κ2) is 8.91. The fraction of sp³-hybridized carbons (Fsp3) is 0.846. The molecule has 0 aliphatic rings. The quantitative estimate of drug-likeness (QED) is 0.301. The molecule has 0 saturated carbocycles. The highest BCUT2D eigenvalue weighted by atomic mass is 16.4. The number of hydrogen-bond acceptors (Lipinski definition) is 4. The second-order valence-electron chi connectivity index (χ2n) is 5.86. The van der Waals surface area contributed by atoms with Gasteiger partial charge >= 0.3 is 0 Å². The highest BCUT2D eigenvalue weighted by Gasteiger charge is 2.09. The molecule has 0 fully saturated rings. The molecule has 0 spiro atoms. The molecule has 5 nitrogen and oxygen atoms in total. The zero-order valence-corrected chi connectivity index (χ0v) is 12.1. The number of hydrogen-bond donors (Lipinski definition) is 2. The highest BCUT2D eigenvalue weighted by Crippen LogP contribution is 2.20. The molecule has 18 heavy (non-hydrogen) atoms. The molecule has 2 N–H and O–H groups in total. The van der Waals surface area contributed by atoms with Crippen molar-refractivity contribution < 1.29 is 10.0 Å².